The Labute approximate surface area is 149 Å². The third-order valence-electron chi connectivity index (χ3n) is 4.57. The zero-order chi connectivity index (χ0) is 18.4. The minimum atomic E-state index is -3.31. The van der Waals surface area contributed by atoms with Crippen LogP contribution in [0.5, 0.6) is 0 Å². The van der Waals surface area contributed by atoms with Gasteiger partial charge in [0.25, 0.3) is 5.91 Å². The summed E-state index contributed by atoms with van der Waals surface area (Å²) in [6.07, 6.45) is 3.28. The van der Waals surface area contributed by atoms with E-state index in [0.29, 0.717) is 23.7 Å². The molecule has 0 radical (unpaired) electrons. The molecule has 0 aromatic heterocycles. The number of rotatable bonds is 7. The Morgan fingerprint density at radius 2 is 2.04 bits per heavy atom. The Morgan fingerprint density at radius 1 is 1.36 bits per heavy atom. The van der Waals surface area contributed by atoms with Gasteiger partial charge in [0, 0.05) is 38.9 Å². The summed E-state index contributed by atoms with van der Waals surface area (Å²) >= 11 is 0. The van der Waals surface area contributed by atoms with Gasteiger partial charge in [-0.3, -0.25) is 9.10 Å². The number of nitrogens with one attached hydrogen (secondary N) is 1. The highest BCUT2D eigenvalue weighted by molar-refractivity contribution is 7.92. The third kappa shape index (κ3) is 5.69. The fraction of sp³-hybridized carbons (Fsp3) is 0.588. The summed E-state index contributed by atoms with van der Waals surface area (Å²) in [5, 5.41) is 12.1. The normalized spacial score (nSPS) is 18.8. The first-order chi connectivity index (χ1) is 11.8. The number of likely N-dealkylation sites (tertiary alicyclic amines) is 1. The summed E-state index contributed by atoms with van der Waals surface area (Å²) in [7, 11) is -1.84. The number of sulfonamides is 1. The molecule has 7 nitrogen and oxygen atoms in total. The van der Waals surface area contributed by atoms with E-state index >= 15 is 0 Å². The van der Waals surface area contributed by atoms with Crippen molar-refractivity contribution >= 4 is 21.6 Å². The van der Waals surface area contributed by atoms with E-state index in [0.717, 1.165) is 38.7 Å². The Morgan fingerprint density at radius 3 is 2.64 bits per heavy atom. The summed E-state index contributed by atoms with van der Waals surface area (Å²) in [6.45, 7) is 3.40. The number of hydrogen-bond donors (Lipinski definition) is 2. The van der Waals surface area contributed by atoms with Crippen LogP contribution in [-0.4, -0.2) is 70.4 Å². The topological polar surface area (TPSA) is 89.9 Å². The average molecular weight is 369 g/mol. The summed E-state index contributed by atoms with van der Waals surface area (Å²) in [6, 6.07) is 6.48. The Hall–Kier alpha value is -1.64. The average Bonchev–Trinajstić information content (AvgIpc) is 2.60. The fourth-order valence-corrected chi connectivity index (χ4v) is 3.45. The molecule has 2 rings (SSSR count). The standard InChI is InChI=1S/C17H27N3O4S/c1-19(25(2,23)24)16-7-5-15(6-8-16)17(22)18-9-11-20-10-3-4-14(12-20)13-21/h5-8,14,21H,3-4,9-13H2,1-2H3,(H,18,22)/t14-/m0/s1. The van der Waals surface area contributed by atoms with Crippen molar-refractivity contribution in [3.05, 3.63) is 29.8 Å². The Balaban J connectivity index is 1.83. The third-order valence-corrected chi connectivity index (χ3v) is 5.77. The molecule has 25 heavy (non-hydrogen) atoms. The van der Waals surface area contributed by atoms with Crippen LogP contribution in [0.1, 0.15) is 23.2 Å². The van der Waals surface area contributed by atoms with Crippen LogP contribution >= 0.6 is 0 Å². The minimum absolute atomic E-state index is 0.177. The van der Waals surface area contributed by atoms with Gasteiger partial charge in [0.15, 0.2) is 0 Å². The van der Waals surface area contributed by atoms with Gasteiger partial charge >= 0.3 is 0 Å². The van der Waals surface area contributed by atoms with Crippen molar-refractivity contribution in [3.8, 4) is 0 Å². The first-order valence-electron chi connectivity index (χ1n) is 8.46. The molecular formula is C17H27N3O4S. The lowest BCUT2D eigenvalue weighted by Gasteiger charge is -2.31. The van der Waals surface area contributed by atoms with Crippen molar-refractivity contribution < 1.29 is 18.3 Å². The first-order valence-corrected chi connectivity index (χ1v) is 10.3. The largest absolute Gasteiger partial charge is 0.396 e. The van der Waals surface area contributed by atoms with E-state index in [1.807, 2.05) is 0 Å². The van der Waals surface area contributed by atoms with Gasteiger partial charge in [-0.15, -0.1) is 0 Å². The molecule has 1 aliphatic heterocycles. The van der Waals surface area contributed by atoms with Crippen molar-refractivity contribution in [1.82, 2.24) is 10.2 Å². The number of piperidine rings is 1. The highest BCUT2D eigenvalue weighted by Gasteiger charge is 2.19. The van der Waals surface area contributed by atoms with Crippen LogP contribution in [-0.2, 0) is 10.0 Å². The lowest BCUT2D eigenvalue weighted by atomic mass is 9.99. The molecule has 1 atom stereocenters. The number of carbonyl (C=O) groups is 1. The molecule has 0 unspecified atom stereocenters. The molecule has 1 aliphatic rings. The molecule has 0 bridgehead atoms. The highest BCUT2D eigenvalue weighted by Crippen LogP contribution is 2.17. The number of aliphatic hydroxyl groups is 1. The summed E-state index contributed by atoms with van der Waals surface area (Å²) in [4.78, 5) is 14.4. The number of aliphatic hydroxyl groups excluding tert-OH is 1. The number of benzene rings is 1. The lowest BCUT2D eigenvalue weighted by molar-refractivity contribution is 0.0930. The number of nitrogens with zero attached hydrogens (tertiary/aromatic N) is 2. The van der Waals surface area contributed by atoms with Gasteiger partial charge in [0.05, 0.1) is 11.9 Å². The van der Waals surface area contributed by atoms with Crippen LogP contribution in [0.2, 0.25) is 0 Å². The van der Waals surface area contributed by atoms with Gasteiger partial charge in [-0.25, -0.2) is 8.42 Å². The molecule has 0 aliphatic carbocycles. The summed E-state index contributed by atoms with van der Waals surface area (Å²) < 4.78 is 24.2. The molecule has 1 heterocycles. The van der Waals surface area contributed by atoms with Gasteiger partial charge in [0.1, 0.15) is 0 Å². The predicted molar refractivity (Wildman–Crippen MR) is 98.3 cm³/mol. The molecule has 2 N–H and O–H groups in total. The van der Waals surface area contributed by atoms with E-state index in [9.17, 15) is 18.3 Å². The highest BCUT2D eigenvalue weighted by atomic mass is 32.2. The molecule has 1 aromatic carbocycles. The van der Waals surface area contributed by atoms with E-state index in [2.05, 4.69) is 10.2 Å². The molecule has 0 spiro atoms. The first kappa shape index (κ1) is 19.7. The van der Waals surface area contributed by atoms with Crippen molar-refractivity contribution in [1.29, 1.82) is 0 Å². The van der Waals surface area contributed by atoms with Crippen LogP contribution in [0.3, 0.4) is 0 Å². The molecule has 1 amide bonds. The van der Waals surface area contributed by atoms with Gasteiger partial charge in [-0.1, -0.05) is 0 Å². The van der Waals surface area contributed by atoms with Crippen LogP contribution in [0, 0.1) is 5.92 Å². The van der Waals surface area contributed by atoms with Crippen LogP contribution in [0.15, 0.2) is 24.3 Å². The van der Waals surface area contributed by atoms with E-state index in [-0.39, 0.29) is 12.5 Å². The Kier molecular flexibility index (Phi) is 6.80. The number of anilines is 1. The molecular weight excluding hydrogens is 342 g/mol. The second kappa shape index (κ2) is 8.64. The van der Waals surface area contributed by atoms with Gasteiger partial charge in [0.2, 0.25) is 10.0 Å². The second-order valence-corrected chi connectivity index (χ2v) is 8.54. The maximum Gasteiger partial charge on any atom is 0.251 e. The molecule has 140 valence electrons. The number of amides is 1. The fourth-order valence-electron chi connectivity index (χ4n) is 2.95. The van der Waals surface area contributed by atoms with Crippen LogP contribution in [0.4, 0.5) is 5.69 Å². The predicted octanol–water partition coefficient (Wildman–Crippen LogP) is 0.516. The van der Waals surface area contributed by atoms with Crippen molar-refractivity contribution in [3.63, 3.8) is 0 Å². The number of hydrogen-bond acceptors (Lipinski definition) is 5. The maximum atomic E-state index is 12.2. The van der Waals surface area contributed by atoms with Gasteiger partial charge in [-0.2, -0.15) is 0 Å². The van der Waals surface area contributed by atoms with Crippen molar-refractivity contribution in [2.45, 2.75) is 12.8 Å². The quantitative estimate of drug-likeness (QED) is 0.731. The molecule has 0 saturated carbocycles. The van der Waals surface area contributed by atoms with Crippen LogP contribution in [0.25, 0.3) is 0 Å². The van der Waals surface area contributed by atoms with Crippen molar-refractivity contribution in [2.75, 3.05) is 50.4 Å². The van der Waals surface area contributed by atoms with E-state index in [4.69, 9.17) is 0 Å². The number of carbonyl (C=O) groups excluding carboxylic acids is 1. The maximum absolute atomic E-state index is 12.2. The summed E-state index contributed by atoms with van der Waals surface area (Å²) in [5.74, 6) is 0.160. The zero-order valence-corrected chi connectivity index (χ0v) is 15.6. The molecule has 1 aromatic rings. The van der Waals surface area contributed by atoms with E-state index in [1.165, 1.54) is 11.4 Å². The van der Waals surface area contributed by atoms with Gasteiger partial charge < -0.3 is 15.3 Å². The molecule has 8 heteroatoms. The van der Waals surface area contributed by atoms with Gasteiger partial charge in [-0.05, 0) is 49.6 Å². The SMILES string of the molecule is CN(c1ccc(C(=O)NCCN2CCC[C@H](CO)C2)cc1)S(C)(=O)=O. The van der Waals surface area contributed by atoms with Crippen LogP contribution < -0.4 is 9.62 Å². The minimum Gasteiger partial charge on any atom is -0.396 e. The zero-order valence-electron chi connectivity index (χ0n) is 14.8. The smallest absolute Gasteiger partial charge is 0.251 e. The lowest BCUT2D eigenvalue weighted by Crippen LogP contribution is -2.41. The van der Waals surface area contributed by atoms with E-state index in [1.54, 1.807) is 24.3 Å². The molecule has 1 fully saturated rings. The van der Waals surface area contributed by atoms with E-state index < -0.39 is 10.0 Å². The monoisotopic (exact) mass is 369 g/mol. The summed E-state index contributed by atoms with van der Waals surface area (Å²) in [5.41, 5.74) is 1.01. The van der Waals surface area contributed by atoms with Crippen molar-refractivity contribution in [2.24, 2.45) is 5.92 Å². The second-order valence-electron chi connectivity index (χ2n) is 6.52. The molecule has 1 saturated heterocycles. The Bertz CT molecular complexity index is 676.